The van der Waals surface area contributed by atoms with Gasteiger partial charge in [-0.15, -0.1) is 4.91 Å². The molecule has 0 radical (unpaired) electrons. The second kappa shape index (κ2) is 5.68. The van der Waals surface area contributed by atoms with Crippen molar-refractivity contribution in [2.45, 2.75) is 6.10 Å². The molecule has 0 N–H and O–H groups in total. The first-order valence-electron chi connectivity index (χ1n) is 4.50. The minimum atomic E-state index is -0.202. The molecule has 1 unspecified atom stereocenters. The number of benzene rings is 1. The van der Waals surface area contributed by atoms with Crippen LogP contribution >= 0.6 is 11.6 Å². The summed E-state index contributed by atoms with van der Waals surface area (Å²) in [5.41, 5.74) is 0.931. The highest BCUT2D eigenvalue weighted by Gasteiger charge is 2.13. The molecule has 4 nitrogen and oxygen atoms in total. The molecule has 5 heteroatoms. The number of hydrogen-bond donors (Lipinski definition) is 0. The molecule has 1 aromatic carbocycles. The van der Waals surface area contributed by atoms with Crippen molar-refractivity contribution in [3.8, 4) is 0 Å². The molecule has 1 rings (SSSR count). The number of ether oxygens (including phenoxy) is 1. The van der Waals surface area contributed by atoms with Gasteiger partial charge in [-0.05, 0) is 17.7 Å². The minimum absolute atomic E-state index is 0.202. The maximum atomic E-state index is 10.2. The van der Waals surface area contributed by atoms with Gasteiger partial charge in [-0.2, -0.15) is 0 Å². The number of rotatable bonds is 5. The predicted molar refractivity (Wildman–Crippen MR) is 59.6 cm³/mol. The molecule has 0 fully saturated rings. The van der Waals surface area contributed by atoms with Crippen LogP contribution in [-0.2, 0) is 4.74 Å². The Morgan fingerprint density at radius 2 is 2.33 bits per heavy atom. The normalized spacial score (nSPS) is 12.2. The Bertz CT molecular complexity index is 333. The summed E-state index contributed by atoms with van der Waals surface area (Å²) >= 11 is 5.86. The molecular weight excluding hydrogens is 216 g/mol. The Balaban J connectivity index is 2.78. The first-order chi connectivity index (χ1) is 7.17. The van der Waals surface area contributed by atoms with E-state index in [0.717, 1.165) is 5.56 Å². The van der Waals surface area contributed by atoms with E-state index in [1.807, 2.05) is 18.2 Å². The van der Waals surface area contributed by atoms with E-state index >= 15 is 0 Å². The summed E-state index contributed by atoms with van der Waals surface area (Å²) in [6, 6.07) is 7.35. The van der Waals surface area contributed by atoms with E-state index in [1.165, 1.54) is 5.01 Å². The molecule has 0 heterocycles. The number of hydrogen-bond acceptors (Lipinski definition) is 3. The van der Waals surface area contributed by atoms with Gasteiger partial charge in [-0.1, -0.05) is 23.7 Å². The molecular formula is C10H13ClN2O2. The van der Waals surface area contributed by atoms with Gasteiger partial charge in [0.05, 0.1) is 11.8 Å². The average molecular weight is 229 g/mol. The standard InChI is InChI=1S/C10H13ClN2O2/c1-13(12-14)7-10(15-2)8-4-3-5-9(11)6-8/h3-6,10H,7H2,1-2H3. The summed E-state index contributed by atoms with van der Waals surface area (Å²) < 4.78 is 5.26. The summed E-state index contributed by atoms with van der Waals surface area (Å²) in [5.74, 6) is 0. The fourth-order valence-corrected chi connectivity index (χ4v) is 1.49. The Labute approximate surface area is 93.7 Å². The Hall–Kier alpha value is -1.13. The van der Waals surface area contributed by atoms with Gasteiger partial charge in [0.1, 0.15) is 6.10 Å². The lowest BCUT2D eigenvalue weighted by Gasteiger charge is -2.19. The topological polar surface area (TPSA) is 41.9 Å². The van der Waals surface area contributed by atoms with Crippen molar-refractivity contribution in [2.24, 2.45) is 5.29 Å². The van der Waals surface area contributed by atoms with Gasteiger partial charge in [0.2, 0.25) is 0 Å². The molecule has 0 bridgehead atoms. The summed E-state index contributed by atoms with van der Waals surface area (Å²) in [6.45, 7) is 0.403. The van der Waals surface area contributed by atoms with Crippen LogP contribution in [0.1, 0.15) is 11.7 Å². The molecule has 15 heavy (non-hydrogen) atoms. The molecule has 0 saturated heterocycles. The summed E-state index contributed by atoms with van der Waals surface area (Å²) in [5, 5.41) is 4.73. The molecule has 0 spiro atoms. The quantitative estimate of drug-likeness (QED) is 0.575. The number of methoxy groups -OCH3 is 1. The van der Waals surface area contributed by atoms with Crippen molar-refractivity contribution in [3.05, 3.63) is 39.8 Å². The third kappa shape index (κ3) is 3.49. The maximum absolute atomic E-state index is 10.2. The van der Waals surface area contributed by atoms with Crippen LogP contribution in [-0.4, -0.2) is 25.7 Å². The first kappa shape index (κ1) is 11.9. The van der Waals surface area contributed by atoms with E-state index in [4.69, 9.17) is 16.3 Å². The summed E-state index contributed by atoms with van der Waals surface area (Å²) in [7, 11) is 3.19. The SMILES string of the molecule is COC(CN(C)N=O)c1cccc(Cl)c1. The first-order valence-corrected chi connectivity index (χ1v) is 4.88. The van der Waals surface area contributed by atoms with Crippen molar-refractivity contribution in [3.63, 3.8) is 0 Å². The van der Waals surface area contributed by atoms with Crippen LogP contribution in [0, 0.1) is 4.91 Å². The molecule has 82 valence electrons. The number of halogens is 1. The van der Waals surface area contributed by atoms with Crippen LogP contribution in [0.5, 0.6) is 0 Å². The Morgan fingerprint density at radius 3 is 2.87 bits per heavy atom. The zero-order chi connectivity index (χ0) is 11.3. The van der Waals surface area contributed by atoms with Gasteiger partial charge in [-0.3, -0.25) is 5.01 Å². The van der Waals surface area contributed by atoms with E-state index < -0.39 is 0 Å². The molecule has 0 aliphatic carbocycles. The zero-order valence-corrected chi connectivity index (χ0v) is 9.44. The van der Waals surface area contributed by atoms with Crippen molar-refractivity contribution in [1.82, 2.24) is 5.01 Å². The molecule has 1 atom stereocenters. The van der Waals surface area contributed by atoms with Crippen LogP contribution in [0.3, 0.4) is 0 Å². The van der Waals surface area contributed by atoms with Gasteiger partial charge in [0.25, 0.3) is 0 Å². The molecule has 0 aliphatic heterocycles. The van der Waals surface area contributed by atoms with Crippen molar-refractivity contribution in [1.29, 1.82) is 0 Å². The highest BCUT2D eigenvalue weighted by molar-refractivity contribution is 6.30. The number of nitrogens with zero attached hydrogens (tertiary/aromatic N) is 2. The molecule has 0 aromatic heterocycles. The van der Waals surface area contributed by atoms with E-state index in [0.29, 0.717) is 11.6 Å². The van der Waals surface area contributed by atoms with Crippen LogP contribution < -0.4 is 0 Å². The maximum Gasteiger partial charge on any atom is 0.101 e. The van der Waals surface area contributed by atoms with E-state index in [2.05, 4.69) is 5.29 Å². The molecule has 0 amide bonds. The monoisotopic (exact) mass is 228 g/mol. The lowest BCUT2D eigenvalue weighted by molar-refractivity contribution is 0.0720. The molecule has 0 saturated carbocycles. The number of likely N-dealkylation sites (N-methyl/N-ethyl adjacent to an activating group) is 1. The van der Waals surface area contributed by atoms with Crippen molar-refractivity contribution in [2.75, 3.05) is 20.7 Å². The van der Waals surface area contributed by atoms with Crippen LogP contribution in [0.25, 0.3) is 0 Å². The third-order valence-electron chi connectivity index (χ3n) is 2.07. The summed E-state index contributed by atoms with van der Waals surface area (Å²) in [4.78, 5) is 10.2. The highest BCUT2D eigenvalue weighted by Crippen LogP contribution is 2.21. The predicted octanol–water partition coefficient (Wildman–Crippen LogP) is 2.64. The molecule has 1 aromatic rings. The van der Waals surface area contributed by atoms with E-state index in [-0.39, 0.29) is 6.10 Å². The zero-order valence-electron chi connectivity index (χ0n) is 8.68. The van der Waals surface area contributed by atoms with Crippen molar-refractivity contribution >= 4 is 11.6 Å². The summed E-state index contributed by atoms with van der Waals surface area (Å²) in [6.07, 6.45) is -0.202. The smallest absolute Gasteiger partial charge is 0.101 e. The number of nitroso groups, excluding NO2 is 1. The fraction of sp³-hybridized carbons (Fsp3) is 0.400. The largest absolute Gasteiger partial charge is 0.375 e. The van der Waals surface area contributed by atoms with Gasteiger partial charge in [0.15, 0.2) is 0 Å². The van der Waals surface area contributed by atoms with Crippen LogP contribution in [0.15, 0.2) is 29.6 Å². The lowest BCUT2D eigenvalue weighted by Crippen LogP contribution is -2.20. The minimum Gasteiger partial charge on any atom is -0.375 e. The second-order valence-electron chi connectivity index (χ2n) is 3.20. The average Bonchev–Trinajstić information content (AvgIpc) is 2.25. The lowest BCUT2D eigenvalue weighted by atomic mass is 10.1. The fourth-order valence-electron chi connectivity index (χ4n) is 1.30. The van der Waals surface area contributed by atoms with Gasteiger partial charge in [0, 0.05) is 19.2 Å². The van der Waals surface area contributed by atoms with Crippen LogP contribution in [0.4, 0.5) is 0 Å². The van der Waals surface area contributed by atoms with Gasteiger partial charge < -0.3 is 4.74 Å². The van der Waals surface area contributed by atoms with E-state index in [9.17, 15) is 4.91 Å². The Morgan fingerprint density at radius 1 is 1.60 bits per heavy atom. The molecule has 0 aliphatic rings. The third-order valence-corrected chi connectivity index (χ3v) is 2.31. The van der Waals surface area contributed by atoms with E-state index in [1.54, 1.807) is 20.2 Å². The van der Waals surface area contributed by atoms with Crippen LogP contribution in [0.2, 0.25) is 5.02 Å². The van der Waals surface area contributed by atoms with Gasteiger partial charge >= 0.3 is 0 Å². The highest BCUT2D eigenvalue weighted by atomic mass is 35.5. The Kier molecular flexibility index (Phi) is 4.52. The van der Waals surface area contributed by atoms with Crippen molar-refractivity contribution < 1.29 is 4.74 Å². The second-order valence-corrected chi connectivity index (χ2v) is 3.64. The van der Waals surface area contributed by atoms with Gasteiger partial charge in [-0.25, -0.2) is 0 Å².